The molecule has 1 aliphatic heterocycles. The van der Waals surface area contributed by atoms with Crippen LogP contribution in [0.4, 0.5) is 35.1 Å². The normalized spacial score (nSPS) is 21.0. The fraction of sp³-hybridized carbons (Fsp3) is 0.387. The molecule has 17 heteroatoms. The summed E-state index contributed by atoms with van der Waals surface area (Å²) in [7, 11) is -8.77. The van der Waals surface area contributed by atoms with E-state index in [4.69, 9.17) is 11.6 Å². The summed E-state index contributed by atoms with van der Waals surface area (Å²) >= 11 is 5.84. The number of carbonyl (C=O) groups excluding carboxylic acids is 1. The molecule has 3 atom stereocenters. The van der Waals surface area contributed by atoms with E-state index in [9.17, 15) is 52.4 Å². The Bertz CT molecular complexity index is 1940. The zero-order valence-electron chi connectivity index (χ0n) is 24.7. The molecule has 0 N–H and O–H groups in total. The van der Waals surface area contributed by atoms with E-state index in [2.05, 4.69) is 0 Å². The summed E-state index contributed by atoms with van der Waals surface area (Å²) in [6, 6.07) is 8.78. The molecule has 0 saturated carbocycles. The summed E-state index contributed by atoms with van der Waals surface area (Å²) in [5, 5.41) is -1.03. The van der Waals surface area contributed by atoms with Crippen molar-refractivity contribution in [1.29, 1.82) is 0 Å². The van der Waals surface area contributed by atoms with E-state index in [-0.39, 0.29) is 46.5 Å². The molecule has 1 unspecified atom stereocenters. The van der Waals surface area contributed by atoms with E-state index >= 15 is 4.39 Å². The van der Waals surface area contributed by atoms with Gasteiger partial charge in [0.05, 0.1) is 21.1 Å². The highest BCUT2D eigenvalue weighted by Crippen LogP contribution is 2.56. The molecular weight excluding hydrogens is 718 g/mol. The van der Waals surface area contributed by atoms with Gasteiger partial charge in [0, 0.05) is 23.6 Å². The first kappa shape index (κ1) is 36.1. The van der Waals surface area contributed by atoms with Crippen LogP contribution in [0.5, 0.6) is 0 Å². The molecule has 48 heavy (non-hydrogen) atoms. The monoisotopic (exact) mass is 743 g/mol. The standard InChI is InChI=1S/C31H26ClF8NO5S2/c1-18(47(43,44)23-8-4-21(32)5-9-23)16-27(42)41-15-14-28(48(45,46)24-10-6-22(33)7-11-24)25-12-3-20(17-19(25)2-13-26(28)41)29(34,30(35,36)37)31(38,39)40/h3-12,17-18,26H,2,13-16H2,1H3/t18?,26-,28-/m1/s1. The van der Waals surface area contributed by atoms with Crippen molar-refractivity contribution in [3.05, 3.63) is 94.3 Å². The molecule has 260 valence electrons. The Labute approximate surface area is 275 Å². The lowest BCUT2D eigenvalue weighted by atomic mass is 9.76. The highest BCUT2D eigenvalue weighted by Gasteiger charge is 2.74. The topological polar surface area (TPSA) is 88.6 Å². The minimum Gasteiger partial charge on any atom is -0.338 e. The average molecular weight is 744 g/mol. The Hall–Kier alpha value is -3.24. The number of rotatable bonds is 7. The maximum absolute atomic E-state index is 15.0. The van der Waals surface area contributed by atoms with Gasteiger partial charge in [-0.25, -0.2) is 25.6 Å². The predicted molar refractivity (Wildman–Crippen MR) is 158 cm³/mol. The predicted octanol–water partition coefficient (Wildman–Crippen LogP) is 7.24. The van der Waals surface area contributed by atoms with E-state index in [0.717, 1.165) is 29.2 Å². The zero-order chi connectivity index (χ0) is 35.7. The lowest BCUT2D eigenvalue weighted by Gasteiger charge is -2.43. The number of sulfone groups is 2. The van der Waals surface area contributed by atoms with Gasteiger partial charge in [0.25, 0.3) is 0 Å². The number of fused-ring (bicyclic) bond motifs is 3. The van der Waals surface area contributed by atoms with Crippen molar-refractivity contribution in [2.24, 2.45) is 0 Å². The Kier molecular flexibility index (Phi) is 8.99. The van der Waals surface area contributed by atoms with E-state index < -0.39 is 88.8 Å². The van der Waals surface area contributed by atoms with Crippen LogP contribution in [0.3, 0.4) is 0 Å². The molecule has 3 aromatic carbocycles. The second kappa shape index (κ2) is 12.0. The summed E-state index contributed by atoms with van der Waals surface area (Å²) in [6.45, 7) is 1.000. The lowest BCUT2D eigenvalue weighted by molar-refractivity contribution is -0.348. The number of aryl methyl sites for hydroxylation is 1. The fourth-order valence-corrected chi connectivity index (χ4v) is 10.5. The van der Waals surface area contributed by atoms with Gasteiger partial charge in [-0.1, -0.05) is 29.8 Å². The van der Waals surface area contributed by atoms with Crippen LogP contribution in [0, 0.1) is 5.82 Å². The Balaban J connectivity index is 1.60. The number of carbonyl (C=O) groups is 1. The third-order valence-electron chi connectivity index (χ3n) is 9.12. The van der Waals surface area contributed by atoms with Gasteiger partial charge < -0.3 is 4.90 Å². The molecule has 0 radical (unpaired) electrons. The number of benzene rings is 3. The number of amides is 1. The molecule has 0 bridgehead atoms. The SMILES string of the molecule is CC(CC(=O)N1CC[C@@]2(S(=O)(=O)c3ccc(F)cc3)c3ccc(C(F)(C(F)(F)F)C(F)(F)F)cc3CC[C@@H]12)S(=O)(=O)c1ccc(Cl)cc1. The van der Waals surface area contributed by atoms with Crippen molar-refractivity contribution in [2.45, 2.75) is 76.5 Å². The summed E-state index contributed by atoms with van der Waals surface area (Å²) in [5.74, 6) is -1.56. The molecule has 1 amide bonds. The van der Waals surface area contributed by atoms with Crippen molar-refractivity contribution >= 4 is 37.2 Å². The molecule has 2 aliphatic rings. The second-order valence-electron chi connectivity index (χ2n) is 11.8. The van der Waals surface area contributed by atoms with Gasteiger partial charge in [-0.3, -0.25) is 4.79 Å². The van der Waals surface area contributed by atoms with Crippen LogP contribution < -0.4 is 0 Å². The van der Waals surface area contributed by atoms with Gasteiger partial charge in [0.15, 0.2) is 19.7 Å². The molecule has 1 heterocycles. The highest BCUT2D eigenvalue weighted by atomic mass is 35.5. The molecule has 6 nitrogen and oxygen atoms in total. The Morgan fingerprint density at radius 1 is 0.896 bits per heavy atom. The van der Waals surface area contributed by atoms with Gasteiger partial charge in [-0.2, -0.15) is 26.3 Å². The average Bonchev–Trinajstić information content (AvgIpc) is 3.41. The molecule has 5 rings (SSSR count). The first-order valence-electron chi connectivity index (χ1n) is 14.3. The molecular formula is C31H26ClF8NO5S2. The van der Waals surface area contributed by atoms with Crippen LogP contribution in [0.15, 0.2) is 76.5 Å². The van der Waals surface area contributed by atoms with Crippen LogP contribution in [0.1, 0.15) is 42.9 Å². The lowest BCUT2D eigenvalue weighted by Crippen LogP contribution is -2.53. The van der Waals surface area contributed by atoms with E-state index in [1.54, 1.807) is 0 Å². The smallest absolute Gasteiger partial charge is 0.338 e. The fourth-order valence-electron chi connectivity index (χ4n) is 6.68. The van der Waals surface area contributed by atoms with E-state index in [1.165, 1.54) is 31.2 Å². The van der Waals surface area contributed by atoms with Crippen molar-refractivity contribution in [1.82, 2.24) is 4.90 Å². The minimum atomic E-state index is -6.41. The number of hydrogen-bond donors (Lipinski definition) is 0. The van der Waals surface area contributed by atoms with Crippen molar-refractivity contribution in [3.8, 4) is 0 Å². The van der Waals surface area contributed by atoms with Crippen LogP contribution >= 0.6 is 11.6 Å². The third kappa shape index (κ3) is 5.56. The maximum atomic E-state index is 15.0. The third-order valence-corrected chi connectivity index (χ3v) is 14.1. The zero-order valence-corrected chi connectivity index (χ0v) is 27.1. The Morgan fingerprint density at radius 3 is 2.02 bits per heavy atom. The molecule has 1 saturated heterocycles. The van der Waals surface area contributed by atoms with Crippen LogP contribution in [-0.4, -0.2) is 57.8 Å². The number of hydrogen-bond acceptors (Lipinski definition) is 5. The first-order chi connectivity index (χ1) is 22.1. The van der Waals surface area contributed by atoms with Crippen LogP contribution in [0.25, 0.3) is 0 Å². The van der Waals surface area contributed by atoms with Gasteiger partial charge in [0.1, 0.15) is 10.6 Å². The van der Waals surface area contributed by atoms with Gasteiger partial charge in [-0.05, 0) is 85.8 Å². The van der Waals surface area contributed by atoms with E-state index in [0.29, 0.717) is 12.1 Å². The first-order valence-corrected chi connectivity index (χ1v) is 17.7. The van der Waals surface area contributed by atoms with Gasteiger partial charge in [0.2, 0.25) is 5.91 Å². The minimum absolute atomic E-state index is 0.120. The Morgan fingerprint density at radius 2 is 1.46 bits per heavy atom. The number of alkyl halides is 7. The van der Waals surface area contributed by atoms with Crippen molar-refractivity contribution in [2.75, 3.05) is 6.54 Å². The van der Waals surface area contributed by atoms with Gasteiger partial charge >= 0.3 is 18.0 Å². The summed E-state index contributed by atoms with van der Waals surface area (Å²) in [5.41, 5.74) is -8.10. The maximum Gasteiger partial charge on any atom is 0.435 e. The van der Waals surface area contributed by atoms with E-state index in [1.807, 2.05) is 0 Å². The summed E-state index contributed by atoms with van der Waals surface area (Å²) in [4.78, 5) is 14.3. The van der Waals surface area contributed by atoms with Crippen LogP contribution in [-0.2, 0) is 41.3 Å². The second-order valence-corrected chi connectivity index (χ2v) is 16.8. The molecule has 1 fully saturated rings. The van der Waals surface area contributed by atoms with Gasteiger partial charge in [-0.15, -0.1) is 0 Å². The number of nitrogens with zero attached hydrogens (tertiary/aromatic N) is 1. The summed E-state index contributed by atoms with van der Waals surface area (Å²) in [6.07, 6.45) is -14.4. The molecule has 1 aliphatic carbocycles. The molecule has 0 spiro atoms. The number of likely N-dealkylation sites (tertiary alicyclic amines) is 1. The number of halogens is 9. The largest absolute Gasteiger partial charge is 0.435 e. The van der Waals surface area contributed by atoms with Crippen LogP contribution in [0.2, 0.25) is 5.02 Å². The van der Waals surface area contributed by atoms with Crippen molar-refractivity contribution in [3.63, 3.8) is 0 Å². The van der Waals surface area contributed by atoms with Crippen molar-refractivity contribution < 1.29 is 56.8 Å². The molecule has 3 aromatic rings. The highest BCUT2D eigenvalue weighted by molar-refractivity contribution is 7.92. The summed E-state index contributed by atoms with van der Waals surface area (Å²) < 4.78 is 163. The quantitative estimate of drug-likeness (QED) is 0.188. The molecule has 0 aromatic heterocycles.